The summed E-state index contributed by atoms with van der Waals surface area (Å²) in [6.45, 7) is 4.72. The van der Waals surface area contributed by atoms with E-state index in [0.29, 0.717) is 28.9 Å². The molecule has 0 aromatic heterocycles. The first-order valence-electron chi connectivity index (χ1n) is 4.63. The zero-order valence-electron chi connectivity index (χ0n) is 8.59. The normalized spacial score (nSPS) is 10.5. The fourth-order valence-corrected chi connectivity index (χ4v) is 1.48. The second-order valence-corrected chi connectivity index (χ2v) is 4.37. The average Bonchev–Trinajstić information content (AvgIpc) is 2.14. The van der Waals surface area contributed by atoms with Crippen molar-refractivity contribution in [3.63, 3.8) is 0 Å². The molecule has 0 aliphatic rings. The number of benzene rings is 1. The van der Waals surface area contributed by atoms with E-state index < -0.39 is 5.24 Å². The third kappa shape index (κ3) is 3.73. The van der Waals surface area contributed by atoms with Gasteiger partial charge in [-0.25, -0.2) is 0 Å². The summed E-state index contributed by atoms with van der Waals surface area (Å²) in [5.74, 6) is 1.09. The van der Waals surface area contributed by atoms with Gasteiger partial charge in [-0.1, -0.05) is 25.4 Å². The van der Waals surface area contributed by atoms with E-state index in [4.69, 9.17) is 27.9 Å². The first-order valence-corrected chi connectivity index (χ1v) is 5.38. The molecule has 15 heavy (non-hydrogen) atoms. The predicted octanol–water partition coefficient (Wildman–Crippen LogP) is 3.75. The number of ether oxygens (including phenoxy) is 1. The molecule has 0 heterocycles. The van der Waals surface area contributed by atoms with Gasteiger partial charge in [-0.2, -0.15) is 0 Å². The molecule has 82 valence electrons. The lowest BCUT2D eigenvalue weighted by molar-refractivity contribution is 0.108. The highest BCUT2D eigenvalue weighted by atomic mass is 35.5. The zero-order chi connectivity index (χ0) is 11.4. The average molecular weight is 247 g/mol. The molecule has 0 radical (unpaired) electrons. The second-order valence-electron chi connectivity index (χ2n) is 3.62. The van der Waals surface area contributed by atoms with Crippen molar-refractivity contribution in [2.24, 2.45) is 5.92 Å². The van der Waals surface area contributed by atoms with Crippen LogP contribution in [0.15, 0.2) is 18.2 Å². The molecule has 1 aromatic rings. The van der Waals surface area contributed by atoms with Gasteiger partial charge in [-0.05, 0) is 35.7 Å². The Kier molecular flexibility index (Phi) is 4.43. The van der Waals surface area contributed by atoms with Gasteiger partial charge in [0.25, 0.3) is 5.24 Å². The van der Waals surface area contributed by atoms with E-state index in [2.05, 4.69) is 13.8 Å². The summed E-state index contributed by atoms with van der Waals surface area (Å²) in [4.78, 5) is 10.9. The van der Waals surface area contributed by atoms with E-state index in [9.17, 15) is 4.79 Å². The Morgan fingerprint density at radius 1 is 1.47 bits per heavy atom. The van der Waals surface area contributed by atoms with Crippen molar-refractivity contribution in [3.8, 4) is 5.75 Å². The van der Waals surface area contributed by atoms with Crippen LogP contribution in [0.2, 0.25) is 5.02 Å². The summed E-state index contributed by atoms with van der Waals surface area (Å²) >= 11 is 11.2. The van der Waals surface area contributed by atoms with Gasteiger partial charge < -0.3 is 4.74 Å². The Balaban J connectivity index is 2.78. The van der Waals surface area contributed by atoms with Crippen LogP contribution in [-0.2, 0) is 0 Å². The molecule has 0 spiro atoms. The summed E-state index contributed by atoms with van der Waals surface area (Å²) in [5, 5.41) is -0.244. The molecule has 0 aliphatic heterocycles. The first kappa shape index (κ1) is 12.3. The van der Waals surface area contributed by atoms with Gasteiger partial charge in [-0.3, -0.25) is 4.79 Å². The van der Waals surface area contributed by atoms with Crippen molar-refractivity contribution in [1.29, 1.82) is 0 Å². The molecule has 0 unspecified atom stereocenters. The molecule has 4 heteroatoms. The van der Waals surface area contributed by atoms with Crippen LogP contribution in [0.1, 0.15) is 24.2 Å². The molecule has 0 aliphatic carbocycles. The Morgan fingerprint density at radius 2 is 2.13 bits per heavy atom. The maximum absolute atomic E-state index is 10.9. The molecule has 1 aromatic carbocycles. The van der Waals surface area contributed by atoms with E-state index in [1.54, 1.807) is 18.2 Å². The van der Waals surface area contributed by atoms with E-state index in [-0.39, 0.29) is 0 Å². The number of carbonyl (C=O) groups is 1. The quantitative estimate of drug-likeness (QED) is 0.757. The van der Waals surface area contributed by atoms with Crippen molar-refractivity contribution >= 4 is 28.4 Å². The Labute approximate surface area is 99.1 Å². The highest BCUT2D eigenvalue weighted by molar-refractivity contribution is 6.68. The summed E-state index contributed by atoms with van der Waals surface area (Å²) in [6.07, 6.45) is 0. The standard InChI is InChI=1S/C11H12Cl2O2/c1-7(2)6-15-8-3-4-9(11(13)14)10(12)5-8/h3-5,7H,6H2,1-2H3. The van der Waals surface area contributed by atoms with Crippen LogP contribution in [0.3, 0.4) is 0 Å². The fourth-order valence-electron chi connectivity index (χ4n) is 1.01. The lowest BCUT2D eigenvalue weighted by atomic mass is 10.2. The molecule has 0 saturated carbocycles. The van der Waals surface area contributed by atoms with Crippen LogP contribution < -0.4 is 4.74 Å². The highest BCUT2D eigenvalue weighted by Gasteiger charge is 2.08. The molecule has 0 N–H and O–H groups in total. The van der Waals surface area contributed by atoms with Crippen LogP contribution in [-0.4, -0.2) is 11.8 Å². The van der Waals surface area contributed by atoms with Crippen molar-refractivity contribution in [3.05, 3.63) is 28.8 Å². The van der Waals surface area contributed by atoms with Crippen molar-refractivity contribution in [2.45, 2.75) is 13.8 Å². The van der Waals surface area contributed by atoms with E-state index >= 15 is 0 Å². The van der Waals surface area contributed by atoms with E-state index in [0.717, 1.165) is 0 Å². The topological polar surface area (TPSA) is 26.3 Å². The third-order valence-corrected chi connectivity index (χ3v) is 2.25. The SMILES string of the molecule is CC(C)COc1ccc(C(=O)Cl)c(Cl)c1. The van der Waals surface area contributed by atoms with Gasteiger partial charge in [-0.15, -0.1) is 0 Å². The molecular formula is C11H12Cl2O2. The van der Waals surface area contributed by atoms with Gasteiger partial charge in [0.05, 0.1) is 17.2 Å². The Bertz CT molecular complexity index is 362. The molecule has 0 amide bonds. The molecule has 2 nitrogen and oxygen atoms in total. The molecular weight excluding hydrogens is 235 g/mol. The van der Waals surface area contributed by atoms with Crippen molar-refractivity contribution < 1.29 is 9.53 Å². The van der Waals surface area contributed by atoms with Crippen LogP contribution in [0.5, 0.6) is 5.75 Å². The second kappa shape index (κ2) is 5.38. The van der Waals surface area contributed by atoms with Gasteiger partial charge in [0.2, 0.25) is 0 Å². The molecule has 1 rings (SSSR count). The minimum atomic E-state index is -0.560. The summed E-state index contributed by atoms with van der Waals surface area (Å²) < 4.78 is 5.44. The number of rotatable bonds is 4. The Hall–Kier alpha value is -0.730. The maximum Gasteiger partial charge on any atom is 0.253 e. The smallest absolute Gasteiger partial charge is 0.253 e. The molecule has 0 atom stereocenters. The minimum Gasteiger partial charge on any atom is -0.493 e. The molecule has 0 saturated heterocycles. The fraction of sp³-hybridized carbons (Fsp3) is 0.364. The zero-order valence-corrected chi connectivity index (χ0v) is 10.1. The lowest BCUT2D eigenvalue weighted by Gasteiger charge is -2.09. The minimum absolute atomic E-state index is 0.301. The monoisotopic (exact) mass is 246 g/mol. The summed E-state index contributed by atoms with van der Waals surface area (Å²) in [6, 6.07) is 4.84. The highest BCUT2D eigenvalue weighted by Crippen LogP contribution is 2.24. The number of carbonyl (C=O) groups excluding carboxylic acids is 1. The van der Waals surface area contributed by atoms with Gasteiger partial charge in [0.1, 0.15) is 5.75 Å². The van der Waals surface area contributed by atoms with Gasteiger partial charge in [0.15, 0.2) is 0 Å². The first-order chi connectivity index (χ1) is 7.00. The summed E-state index contributed by atoms with van der Waals surface area (Å²) in [5.41, 5.74) is 0.301. The number of halogens is 2. The lowest BCUT2D eigenvalue weighted by Crippen LogP contribution is -2.04. The van der Waals surface area contributed by atoms with Crippen LogP contribution in [0.4, 0.5) is 0 Å². The van der Waals surface area contributed by atoms with Crippen LogP contribution in [0, 0.1) is 5.92 Å². The van der Waals surface area contributed by atoms with Crippen LogP contribution >= 0.6 is 23.2 Å². The van der Waals surface area contributed by atoms with E-state index in [1.165, 1.54) is 0 Å². The van der Waals surface area contributed by atoms with E-state index in [1.807, 2.05) is 0 Å². The Morgan fingerprint density at radius 3 is 2.60 bits per heavy atom. The molecule has 0 fully saturated rings. The number of hydrogen-bond acceptors (Lipinski definition) is 2. The summed E-state index contributed by atoms with van der Waals surface area (Å²) in [7, 11) is 0. The van der Waals surface area contributed by atoms with Gasteiger partial charge >= 0.3 is 0 Å². The van der Waals surface area contributed by atoms with Crippen molar-refractivity contribution in [1.82, 2.24) is 0 Å². The van der Waals surface area contributed by atoms with Gasteiger partial charge in [0, 0.05) is 0 Å². The van der Waals surface area contributed by atoms with Crippen molar-refractivity contribution in [2.75, 3.05) is 6.61 Å². The van der Waals surface area contributed by atoms with Crippen LogP contribution in [0.25, 0.3) is 0 Å². The largest absolute Gasteiger partial charge is 0.493 e. The molecule has 0 bridgehead atoms. The third-order valence-electron chi connectivity index (χ3n) is 1.74. The number of hydrogen-bond donors (Lipinski definition) is 0. The predicted molar refractivity (Wildman–Crippen MR) is 62.0 cm³/mol. The maximum atomic E-state index is 10.9.